The van der Waals surface area contributed by atoms with Gasteiger partial charge in [0.1, 0.15) is 5.82 Å². The maximum atomic E-state index is 11.2. The van der Waals surface area contributed by atoms with E-state index in [4.69, 9.17) is 0 Å². The lowest BCUT2D eigenvalue weighted by molar-refractivity contribution is -0.140. The van der Waals surface area contributed by atoms with Gasteiger partial charge < -0.3 is 15.0 Å². The number of carboxylic acid groups (broad SMARTS) is 1. The number of nitrogens with one attached hydrogen (secondary N) is 1. The molecule has 0 bridgehead atoms. The number of para-hydroxylation sites is 2. The number of aliphatic carboxylic acids is 1. The summed E-state index contributed by atoms with van der Waals surface area (Å²) in [5, 5.41) is 12.4. The van der Waals surface area contributed by atoms with Crippen molar-refractivity contribution in [2.75, 3.05) is 13.1 Å². The fraction of sp³-hybridized carbons (Fsp3) is 0.429. The third-order valence-electron chi connectivity index (χ3n) is 3.81. The number of imidazole rings is 1. The maximum Gasteiger partial charge on any atom is 0.305 e. The molecule has 1 aromatic carbocycles. The summed E-state index contributed by atoms with van der Waals surface area (Å²) in [7, 11) is 0. The van der Waals surface area contributed by atoms with Gasteiger partial charge in [-0.25, -0.2) is 4.98 Å². The molecule has 0 amide bonds. The number of benzene rings is 1. The fourth-order valence-electron chi connectivity index (χ4n) is 2.90. The third-order valence-corrected chi connectivity index (χ3v) is 3.81. The molecular weight excluding hydrogens is 242 g/mol. The van der Waals surface area contributed by atoms with Gasteiger partial charge in [-0.3, -0.25) is 4.79 Å². The molecule has 1 aliphatic heterocycles. The molecule has 1 aromatic heterocycles. The second-order valence-electron chi connectivity index (χ2n) is 5.10. The molecule has 0 radical (unpaired) electrons. The minimum atomic E-state index is -0.763. The van der Waals surface area contributed by atoms with Gasteiger partial charge in [0.2, 0.25) is 0 Å². The molecule has 2 aromatic rings. The Labute approximate surface area is 111 Å². The van der Waals surface area contributed by atoms with Crippen LogP contribution in [0.4, 0.5) is 0 Å². The number of hydrogen-bond donors (Lipinski definition) is 2. The molecule has 0 atom stereocenters. The lowest BCUT2D eigenvalue weighted by Gasteiger charge is -2.44. The predicted molar refractivity (Wildman–Crippen MR) is 72.2 cm³/mol. The molecule has 5 heteroatoms. The summed E-state index contributed by atoms with van der Waals surface area (Å²) in [6, 6.07) is 7.93. The van der Waals surface area contributed by atoms with Crippen molar-refractivity contribution in [3.63, 3.8) is 0 Å². The number of hydrogen-bond acceptors (Lipinski definition) is 3. The molecule has 100 valence electrons. The zero-order chi connectivity index (χ0) is 13.5. The number of nitrogens with zero attached hydrogens (tertiary/aromatic N) is 2. The number of fused-ring (bicyclic) bond motifs is 1. The summed E-state index contributed by atoms with van der Waals surface area (Å²) >= 11 is 0. The van der Waals surface area contributed by atoms with Crippen molar-refractivity contribution in [2.45, 2.75) is 25.3 Å². The van der Waals surface area contributed by atoms with E-state index < -0.39 is 5.97 Å². The minimum Gasteiger partial charge on any atom is -0.481 e. The maximum absolute atomic E-state index is 11.2. The Bertz CT molecular complexity index is 629. The second kappa shape index (κ2) is 4.35. The van der Waals surface area contributed by atoms with Crippen molar-refractivity contribution < 1.29 is 9.90 Å². The molecule has 5 nitrogen and oxygen atoms in total. The summed E-state index contributed by atoms with van der Waals surface area (Å²) in [4.78, 5) is 15.8. The van der Waals surface area contributed by atoms with E-state index >= 15 is 0 Å². The highest BCUT2D eigenvalue weighted by atomic mass is 16.4. The zero-order valence-electron chi connectivity index (χ0n) is 10.9. The first-order valence-electron chi connectivity index (χ1n) is 6.56. The van der Waals surface area contributed by atoms with E-state index in [1.807, 2.05) is 24.3 Å². The fourth-order valence-corrected chi connectivity index (χ4v) is 2.90. The minimum absolute atomic E-state index is 0.132. The number of carbonyl (C=O) groups is 1. The Balaban J connectivity index is 2.19. The monoisotopic (exact) mass is 259 g/mol. The molecular formula is C14H17N3O2. The lowest BCUT2D eigenvalue weighted by atomic mass is 9.87. The number of aromatic nitrogens is 2. The first-order chi connectivity index (χ1) is 9.16. The summed E-state index contributed by atoms with van der Waals surface area (Å²) in [5.41, 5.74) is 1.60. The normalized spacial score (nSPS) is 17.3. The van der Waals surface area contributed by atoms with Crippen molar-refractivity contribution in [3.8, 4) is 0 Å². The predicted octanol–water partition coefficient (Wildman–Crippen LogP) is 1.37. The van der Waals surface area contributed by atoms with Gasteiger partial charge >= 0.3 is 5.97 Å². The van der Waals surface area contributed by atoms with E-state index in [0.29, 0.717) is 13.1 Å². The summed E-state index contributed by atoms with van der Waals surface area (Å²) < 4.78 is 2.13. The van der Waals surface area contributed by atoms with Crippen LogP contribution in [0.3, 0.4) is 0 Å². The molecule has 0 spiro atoms. The first-order valence-corrected chi connectivity index (χ1v) is 6.56. The van der Waals surface area contributed by atoms with E-state index in [0.717, 1.165) is 23.3 Å². The van der Waals surface area contributed by atoms with E-state index in [1.165, 1.54) is 0 Å². The average Bonchev–Trinajstić information content (AvgIpc) is 2.72. The Kier molecular flexibility index (Phi) is 2.78. The van der Waals surface area contributed by atoms with Crippen LogP contribution >= 0.6 is 0 Å². The third kappa shape index (κ3) is 1.81. The van der Waals surface area contributed by atoms with E-state index in [9.17, 15) is 9.90 Å². The highest BCUT2D eigenvalue weighted by molar-refractivity contribution is 5.77. The van der Waals surface area contributed by atoms with Crippen LogP contribution in [0, 0.1) is 0 Å². The van der Waals surface area contributed by atoms with Gasteiger partial charge in [-0.1, -0.05) is 19.1 Å². The van der Waals surface area contributed by atoms with Gasteiger partial charge in [-0.05, 0) is 12.1 Å². The van der Waals surface area contributed by atoms with Crippen molar-refractivity contribution in [3.05, 3.63) is 30.1 Å². The Hall–Kier alpha value is -1.88. The van der Waals surface area contributed by atoms with E-state index in [2.05, 4.69) is 21.8 Å². The summed E-state index contributed by atoms with van der Waals surface area (Å²) in [6.07, 6.45) is 0.934. The Morgan fingerprint density at radius 2 is 2.21 bits per heavy atom. The zero-order valence-corrected chi connectivity index (χ0v) is 10.9. The topological polar surface area (TPSA) is 67.2 Å². The molecule has 0 aliphatic carbocycles. The number of aryl methyl sites for hydroxylation is 1. The summed E-state index contributed by atoms with van der Waals surface area (Å²) in [5.74, 6) is 0.199. The van der Waals surface area contributed by atoms with Crippen LogP contribution < -0.4 is 5.32 Å². The van der Waals surface area contributed by atoms with Gasteiger partial charge in [0.15, 0.2) is 0 Å². The molecule has 2 N–H and O–H groups in total. The highest BCUT2D eigenvalue weighted by Crippen LogP contribution is 2.32. The van der Waals surface area contributed by atoms with Crippen LogP contribution in [0.1, 0.15) is 19.2 Å². The number of rotatable bonds is 4. The molecule has 1 aliphatic rings. The van der Waals surface area contributed by atoms with E-state index in [1.54, 1.807) is 0 Å². The Morgan fingerprint density at radius 3 is 2.79 bits per heavy atom. The molecule has 0 unspecified atom stereocenters. The van der Waals surface area contributed by atoms with Crippen molar-refractivity contribution in [1.29, 1.82) is 0 Å². The quantitative estimate of drug-likeness (QED) is 0.870. The van der Waals surface area contributed by atoms with Crippen LogP contribution in [0.15, 0.2) is 24.3 Å². The van der Waals surface area contributed by atoms with Gasteiger partial charge in [0.25, 0.3) is 0 Å². The average molecular weight is 259 g/mol. The smallest absolute Gasteiger partial charge is 0.305 e. The van der Waals surface area contributed by atoms with Crippen LogP contribution in [0.25, 0.3) is 11.0 Å². The molecule has 1 saturated heterocycles. The van der Waals surface area contributed by atoms with Crippen molar-refractivity contribution in [1.82, 2.24) is 14.9 Å². The molecule has 3 rings (SSSR count). The standard InChI is InChI=1S/C14H17N3O2/c1-2-12-16-10-5-3-4-6-11(10)17(12)14(7-13(18)19)8-15-9-14/h3-6,15H,2,7-9H2,1H3,(H,18,19). The van der Waals surface area contributed by atoms with Crippen LogP contribution in [0.2, 0.25) is 0 Å². The van der Waals surface area contributed by atoms with Crippen LogP contribution in [-0.2, 0) is 16.8 Å². The van der Waals surface area contributed by atoms with Gasteiger partial charge in [0.05, 0.1) is 23.0 Å². The largest absolute Gasteiger partial charge is 0.481 e. The molecule has 2 heterocycles. The van der Waals surface area contributed by atoms with Crippen molar-refractivity contribution in [2.24, 2.45) is 0 Å². The van der Waals surface area contributed by atoms with Gasteiger partial charge in [0, 0.05) is 19.5 Å². The van der Waals surface area contributed by atoms with Crippen LogP contribution in [0.5, 0.6) is 0 Å². The Morgan fingerprint density at radius 1 is 1.47 bits per heavy atom. The number of carboxylic acids is 1. The van der Waals surface area contributed by atoms with Gasteiger partial charge in [-0.2, -0.15) is 0 Å². The highest BCUT2D eigenvalue weighted by Gasteiger charge is 2.42. The first kappa shape index (κ1) is 12.2. The van der Waals surface area contributed by atoms with E-state index in [-0.39, 0.29) is 12.0 Å². The molecule has 1 fully saturated rings. The SMILES string of the molecule is CCc1nc2ccccc2n1C1(CC(=O)O)CNC1. The molecule has 0 saturated carbocycles. The van der Waals surface area contributed by atoms with Crippen LogP contribution in [-0.4, -0.2) is 33.7 Å². The summed E-state index contributed by atoms with van der Waals surface area (Å²) in [6.45, 7) is 3.43. The second-order valence-corrected chi connectivity index (χ2v) is 5.10. The lowest BCUT2D eigenvalue weighted by Crippen LogP contribution is -2.61. The van der Waals surface area contributed by atoms with Crippen molar-refractivity contribution >= 4 is 17.0 Å². The molecule has 19 heavy (non-hydrogen) atoms. The van der Waals surface area contributed by atoms with Gasteiger partial charge in [-0.15, -0.1) is 0 Å².